The van der Waals surface area contributed by atoms with Gasteiger partial charge in [-0.15, -0.1) is 0 Å². The van der Waals surface area contributed by atoms with E-state index >= 15 is 0 Å². The first-order valence-corrected chi connectivity index (χ1v) is 8.22. The zero-order valence-corrected chi connectivity index (χ0v) is 13.9. The zero-order chi connectivity index (χ0) is 17.9. The molecule has 0 saturated heterocycles. The van der Waals surface area contributed by atoms with Gasteiger partial charge < -0.3 is 10.2 Å². The van der Waals surface area contributed by atoms with E-state index in [1.807, 2.05) is 60.7 Å². The normalized spacial score (nSPS) is 11.8. The molecule has 4 rings (SSSR count). The van der Waals surface area contributed by atoms with Crippen LogP contribution in [-0.4, -0.2) is 22.6 Å². The van der Waals surface area contributed by atoms with Gasteiger partial charge in [0.15, 0.2) is 0 Å². The minimum absolute atomic E-state index is 0.149. The Kier molecular flexibility index (Phi) is 4.07. The van der Waals surface area contributed by atoms with E-state index in [0.717, 1.165) is 21.5 Å². The lowest BCUT2D eigenvalue weighted by Gasteiger charge is -2.04. The number of phenols is 2. The Morgan fingerprint density at radius 2 is 0.962 bits per heavy atom. The molecule has 0 aliphatic carbocycles. The molecule has 26 heavy (non-hydrogen) atoms. The van der Waals surface area contributed by atoms with Crippen LogP contribution in [0, 0.1) is 0 Å². The third kappa shape index (κ3) is 2.89. The average Bonchev–Trinajstić information content (AvgIpc) is 2.68. The van der Waals surface area contributed by atoms with Crippen molar-refractivity contribution in [2.75, 3.05) is 0 Å². The van der Waals surface area contributed by atoms with Crippen LogP contribution in [-0.2, 0) is 0 Å². The van der Waals surface area contributed by atoms with Crippen LogP contribution < -0.4 is 0 Å². The standard InChI is InChI=1S/C22H16N2O2/c25-21-11-9-15-5-1-3-7-17(15)19(21)13-23-24-14-20-18-8-4-2-6-16(18)10-12-22(20)26/h1-14,25-26H/b23-13+,24-14+. The smallest absolute Gasteiger partial charge is 0.125 e. The van der Waals surface area contributed by atoms with Gasteiger partial charge in [0, 0.05) is 11.1 Å². The monoisotopic (exact) mass is 340 g/mol. The van der Waals surface area contributed by atoms with Crippen LogP contribution in [0.1, 0.15) is 11.1 Å². The summed E-state index contributed by atoms with van der Waals surface area (Å²) >= 11 is 0. The highest BCUT2D eigenvalue weighted by Crippen LogP contribution is 2.26. The van der Waals surface area contributed by atoms with Crippen molar-refractivity contribution in [1.29, 1.82) is 0 Å². The Hall–Kier alpha value is -3.66. The molecule has 0 unspecified atom stereocenters. The molecule has 2 N–H and O–H groups in total. The molecule has 0 saturated carbocycles. The van der Waals surface area contributed by atoms with E-state index < -0.39 is 0 Å². The molecule has 0 bridgehead atoms. The van der Waals surface area contributed by atoms with Crippen LogP contribution >= 0.6 is 0 Å². The molecule has 0 fully saturated rings. The molecule has 0 aromatic heterocycles. The minimum Gasteiger partial charge on any atom is -0.507 e. The summed E-state index contributed by atoms with van der Waals surface area (Å²) in [7, 11) is 0. The molecule has 126 valence electrons. The highest BCUT2D eigenvalue weighted by atomic mass is 16.3. The van der Waals surface area contributed by atoms with E-state index in [9.17, 15) is 10.2 Å². The zero-order valence-electron chi connectivity index (χ0n) is 13.9. The summed E-state index contributed by atoms with van der Waals surface area (Å²) in [6.07, 6.45) is 3.05. The summed E-state index contributed by atoms with van der Waals surface area (Å²) in [4.78, 5) is 0. The summed E-state index contributed by atoms with van der Waals surface area (Å²) in [5, 5.41) is 32.2. The maximum atomic E-state index is 10.1. The second-order valence-corrected chi connectivity index (χ2v) is 5.93. The molecular weight excluding hydrogens is 324 g/mol. The lowest BCUT2D eigenvalue weighted by Crippen LogP contribution is -1.87. The van der Waals surface area contributed by atoms with Gasteiger partial charge in [-0.2, -0.15) is 10.2 Å². The Morgan fingerprint density at radius 3 is 1.42 bits per heavy atom. The van der Waals surface area contributed by atoms with Crippen LogP contribution in [0.4, 0.5) is 0 Å². The largest absolute Gasteiger partial charge is 0.507 e. The third-order valence-corrected chi connectivity index (χ3v) is 4.34. The van der Waals surface area contributed by atoms with Gasteiger partial charge in [-0.3, -0.25) is 0 Å². The van der Waals surface area contributed by atoms with Crippen molar-refractivity contribution < 1.29 is 10.2 Å². The Bertz CT molecular complexity index is 1070. The third-order valence-electron chi connectivity index (χ3n) is 4.34. The van der Waals surface area contributed by atoms with Crippen LogP contribution in [0.5, 0.6) is 11.5 Å². The second-order valence-electron chi connectivity index (χ2n) is 5.93. The van der Waals surface area contributed by atoms with E-state index in [4.69, 9.17) is 0 Å². The highest BCUT2D eigenvalue weighted by Gasteiger charge is 2.05. The number of hydrogen-bond acceptors (Lipinski definition) is 4. The van der Waals surface area contributed by atoms with Gasteiger partial charge in [0.1, 0.15) is 11.5 Å². The number of aromatic hydroxyl groups is 2. The van der Waals surface area contributed by atoms with Crippen LogP contribution in [0.15, 0.2) is 83.0 Å². The first-order chi connectivity index (χ1) is 12.7. The molecule has 0 spiro atoms. The van der Waals surface area contributed by atoms with Crippen molar-refractivity contribution in [2.45, 2.75) is 0 Å². The first kappa shape index (κ1) is 15.8. The molecule has 0 heterocycles. The number of fused-ring (bicyclic) bond motifs is 2. The predicted molar refractivity (Wildman–Crippen MR) is 106 cm³/mol. The fraction of sp³-hybridized carbons (Fsp3) is 0. The number of rotatable bonds is 3. The number of phenolic OH excluding ortho intramolecular Hbond substituents is 2. The Labute approximate surface area is 150 Å². The summed E-state index contributed by atoms with van der Waals surface area (Å²) in [5.74, 6) is 0.298. The highest BCUT2D eigenvalue weighted by molar-refractivity contribution is 6.04. The summed E-state index contributed by atoms with van der Waals surface area (Å²) < 4.78 is 0. The average molecular weight is 340 g/mol. The topological polar surface area (TPSA) is 65.2 Å². The van der Waals surface area contributed by atoms with Crippen molar-refractivity contribution in [1.82, 2.24) is 0 Å². The second kappa shape index (κ2) is 6.69. The van der Waals surface area contributed by atoms with Crippen molar-refractivity contribution >= 4 is 34.0 Å². The van der Waals surface area contributed by atoms with E-state index in [0.29, 0.717) is 11.1 Å². The molecule has 0 atom stereocenters. The van der Waals surface area contributed by atoms with E-state index in [1.54, 1.807) is 12.1 Å². The molecule has 4 aromatic rings. The van der Waals surface area contributed by atoms with E-state index in [2.05, 4.69) is 10.2 Å². The molecule has 0 amide bonds. The Morgan fingerprint density at radius 1 is 0.538 bits per heavy atom. The van der Waals surface area contributed by atoms with Crippen molar-refractivity contribution in [3.63, 3.8) is 0 Å². The SMILES string of the molecule is Oc1ccc2ccccc2c1/C=N/N=C/c1c(O)ccc2ccccc12. The van der Waals surface area contributed by atoms with Crippen molar-refractivity contribution in [2.24, 2.45) is 10.2 Å². The van der Waals surface area contributed by atoms with Gasteiger partial charge in [0.2, 0.25) is 0 Å². The molecule has 4 aromatic carbocycles. The molecule has 4 nitrogen and oxygen atoms in total. The fourth-order valence-electron chi connectivity index (χ4n) is 3.02. The fourth-order valence-corrected chi connectivity index (χ4v) is 3.02. The number of hydrogen-bond donors (Lipinski definition) is 2. The van der Waals surface area contributed by atoms with Gasteiger partial charge in [0.25, 0.3) is 0 Å². The molecule has 0 aliphatic rings. The number of nitrogens with zero attached hydrogens (tertiary/aromatic N) is 2. The van der Waals surface area contributed by atoms with Crippen LogP contribution in [0.2, 0.25) is 0 Å². The Balaban J connectivity index is 1.70. The van der Waals surface area contributed by atoms with Crippen molar-refractivity contribution in [3.05, 3.63) is 83.9 Å². The lowest BCUT2D eigenvalue weighted by molar-refractivity contribution is 0.474. The van der Waals surface area contributed by atoms with Crippen molar-refractivity contribution in [3.8, 4) is 11.5 Å². The van der Waals surface area contributed by atoms with E-state index in [-0.39, 0.29) is 11.5 Å². The lowest BCUT2D eigenvalue weighted by atomic mass is 10.0. The van der Waals surface area contributed by atoms with E-state index in [1.165, 1.54) is 12.4 Å². The summed E-state index contributed by atoms with van der Waals surface area (Å²) in [6.45, 7) is 0. The first-order valence-electron chi connectivity index (χ1n) is 8.22. The van der Waals surface area contributed by atoms with Gasteiger partial charge >= 0.3 is 0 Å². The quantitative estimate of drug-likeness (QED) is 0.413. The predicted octanol–water partition coefficient (Wildman–Crippen LogP) is 4.86. The number of benzene rings is 4. The van der Waals surface area contributed by atoms with Crippen LogP contribution in [0.3, 0.4) is 0 Å². The molecular formula is C22H16N2O2. The van der Waals surface area contributed by atoms with Gasteiger partial charge in [0.05, 0.1) is 12.4 Å². The maximum absolute atomic E-state index is 10.1. The molecule has 0 aliphatic heterocycles. The molecule has 0 radical (unpaired) electrons. The molecule has 4 heteroatoms. The van der Waals surface area contributed by atoms with Crippen LogP contribution in [0.25, 0.3) is 21.5 Å². The summed E-state index contributed by atoms with van der Waals surface area (Å²) in [5.41, 5.74) is 1.23. The van der Waals surface area contributed by atoms with Gasteiger partial charge in [-0.1, -0.05) is 60.7 Å². The minimum atomic E-state index is 0.149. The maximum Gasteiger partial charge on any atom is 0.125 e. The van der Waals surface area contributed by atoms with Gasteiger partial charge in [-0.05, 0) is 33.7 Å². The van der Waals surface area contributed by atoms with Gasteiger partial charge in [-0.25, -0.2) is 0 Å². The summed E-state index contributed by atoms with van der Waals surface area (Å²) in [6, 6.07) is 22.5.